The highest BCUT2D eigenvalue weighted by Gasteiger charge is 2.24. The van der Waals surface area contributed by atoms with Crippen molar-refractivity contribution >= 4 is 0 Å². The van der Waals surface area contributed by atoms with Gasteiger partial charge in [-0.25, -0.2) is 4.98 Å². The van der Waals surface area contributed by atoms with Gasteiger partial charge in [0.25, 0.3) is 0 Å². The second kappa shape index (κ2) is 5.67. The van der Waals surface area contributed by atoms with E-state index in [9.17, 15) is 0 Å². The zero-order chi connectivity index (χ0) is 16.6. The molecule has 1 aliphatic carbocycles. The van der Waals surface area contributed by atoms with Crippen LogP contribution < -0.4 is 0 Å². The highest BCUT2D eigenvalue weighted by Crippen LogP contribution is 2.41. The number of fused-ring (bicyclic) bond motifs is 3. The Labute approximate surface area is 146 Å². The number of rotatable bonds is 2. The molecular formula is C23H16N2. The zero-order valence-electron chi connectivity index (χ0n) is 13.7. The lowest BCUT2D eigenvalue weighted by atomic mass is 9.97. The molecule has 5 rings (SSSR count). The van der Waals surface area contributed by atoms with Gasteiger partial charge in [-0.15, -0.1) is 0 Å². The molecule has 2 aromatic carbocycles. The molecule has 2 heterocycles. The van der Waals surface area contributed by atoms with Gasteiger partial charge in [-0.1, -0.05) is 60.7 Å². The number of pyridine rings is 2. The molecule has 0 unspecified atom stereocenters. The van der Waals surface area contributed by atoms with Crippen LogP contribution in [0.1, 0.15) is 11.1 Å². The molecule has 0 saturated heterocycles. The molecule has 4 aromatic rings. The summed E-state index contributed by atoms with van der Waals surface area (Å²) in [5, 5.41) is 0. The molecule has 0 fully saturated rings. The predicted molar refractivity (Wildman–Crippen MR) is 101 cm³/mol. The van der Waals surface area contributed by atoms with E-state index in [1.807, 2.05) is 24.4 Å². The van der Waals surface area contributed by atoms with Gasteiger partial charge in [-0.3, -0.25) is 4.98 Å². The Morgan fingerprint density at radius 3 is 2.32 bits per heavy atom. The smallest absolute Gasteiger partial charge is 0.0900 e. The molecule has 118 valence electrons. The lowest BCUT2D eigenvalue weighted by molar-refractivity contribution is 1.21. The molecule has 1 aliphatic rings. The van der Waals surface area contributed by atoms with Crippen molar-refractivity contribution in [2.24, 2.45) is 0 Å². The summed E-state index contributed by atoms with van der Waals surface area (Å²) < 4.78 is 0. The highest BCUT2D eigenvalue weighted by atomic mass is 14.8. The third-order valence-corrected chi connectivity index (χ3v) is 4.78. The van der Waals surface area contributed by atoms with Crippen LogP contribution in [0.2, 0.25) is 0 Å². The molecular weight excluding hydrogens is 304 g/mol. The molecule has 2 aromatic heterocycles. The normalized spacial score (nSPS) is 11.8. The Morgan fingerprint density at radius 2 is 1.48 bits per heavy atom. The van der Waals surface area contributed by atoms with Crippen LogP contribution in [0.4, 0.5) is 0 Å². The largest absolute Gasteiger partial charge is 0.255 e. The summed E-state index contributed by atoms with van der Waals surface area (Å²) in [6, 6.07) is 27.3. The van der Waals surface area contributed by atoms with E-state index in [0.717, 1.165) is 23.5 Å². The maximum Gasteiger partial charge on any atom is 0.0900 e. The molecule has 2 heteroatoms. The van der Waals surface area contributed by atoms with E-state index in [-0.39, 0.29) is 0 Å². The first-order valence-corrected chi connectivity index (χ1v) is 8.49. The van der Waals surface area contributed by atoms with Crippen LogP contribution in [0.5, 0.6) is 0 Å². The number of hydrogen-bond donors (Lipinski definition) is 0. The van der Waals surface area contributed by atoms with Crippen LogP contribution in [0.25, 0.3) is 33.8 Å². The fraction of sp³-hybridized carbons (Fsp3) is 0.0435. The number of nitrogens with zero attached hydrogens (tertiary/aromatic N) is 2. The second-order valence-corrected chi connectivity index (χ2v) is 6.30. The Morgan fingerprint density at radius 1 is 0.680 bits per heavy atom. The minimum atomic E-state index is 0.909. The van der Waals surface area contributed by atoms with Gasteiger partial charge in [0.2, 0.25) is 0 Å². The third-order valence-electron chi connectivity index (χ3n) is 4.78. The van der Waals surface area contributed by atoms with Gasteiger partial charge in [0.05, 0.1) is 17.1 Å². The van der Waals surface area contributed by atoms with Crippen molar-refractivity contribution in [1.82, 2.24) is 9.97 Å². The van der Waals surface area contributed by atoms with E-state index in [4.69, 9.17) is 4.98 Å². The number of benzene rings is 2. The van der Waals surface area contributed by atoms with Crippen molar-refractivity contribution < 1.29 is 0 Å². The maximum absolute atomic E-state index is 4.99. The monoisotopic (exact) mass is 320 g/mol. The topological polar surface area (TPSA) is 25.8 Å². The van der Waals surface area contributed by atoms with E-state index in [1.165, 1.54) is 27.8 Å². The summed E-state index contributed by atoms with van der Waals surface area (Å²) in [5.41, 5.74) is 9.31. The van der Waals surface area contributed by atoms with Crippen molar-refractivity contribution in [3.63, 3.8) is 0 Å². The Bertz CT molecular complexity index is 1050. The fourth-order valence-corrected chi connectivity index (χ4v) is 3.59. The van der Waals surface area contributed by atoms with Gasteiger partial charge >= 0.3 is 0 Å². The highest BCUT2D eigenvalue weighted by molar-refractivity contribution is 5.85. The quantitative estimate of drug-likeness (QED) is 0.436. The Balaban J connectivity index is 1.80. The lowest BCUT2D eigenvalue weighted by Crippen LogP contribution is -1.95. The van der Waals surface area contributed by atoms with E-state index in [1.54, 1.807) is 0 Å². The zero-order valence-corrected chi connectivity index (χ0v) is 13.7. The van der Waals surface area contributed by atoms with Crippen molar-refractivity contribution in [2.45, 2.75) is 6.42 Å². The van der Waals surface area contributed by atoms with Gasteiger partial charge in [-0.05, 0) is 40.5 Å². The van der Waals surface area contributed by atoms with Crippen LogP contribution in [0.15, 0.2) is 85.1 Å². The summed E-state index contributed by atoms with van der Waals surface area (Å²) >= 11 is 0. The molecule has 0 atom stereocenters. The van der Waals surface area contributed by atoms with Crippen molar-refractivity contribution in [1.29, 1.82) is 0 Å². The van der Waals surface area contributed by atoms with E-state index >= 15 is 0 Å². The van der Waals surface area contributed by atoms with Gasteiger partial charge in [0, 0.05) is 18.2 Å². The number of aromatic nitrogens is 2. The minimum absolute atomic E-state index is 0.909. The molecule has 0 amide bonds. The summed E-state index contributed by atoms with van der Waals surface area (Å²) in [6.07, 6.45) is 2.76. The summed E-state index contributed by atoms with van der Waals surface area (Å²) in [4.78, 5) is 9.49. The van der Waals surface area contributed by atoms with Crippen molar-refractivity contribution in [2.75, 3.05) is 0 Å². The van der Waals surface area contributed by atoms with Crippen LogP contribution in [0, 0.1) is 0 Å². The Kier molecular flexibility index (Phi) is 3.20. The van der Waals surface area contributed by atoms with Gasteiger partial charge in [-0.2, -0.15) is 0 Å². The summed E-state index contributed by atoms with van der Waals surface area (Å²) in [6.45, 7) is 0. The van der Waals surface area contributed by atoms with Crippen LogP contribution in [-0.2, 0) is 6.42 Å². The number of hydrogen-bond acceptors (Lipinski definition) is 2. The van der Waals surface area contributed by atoms with Crippen LogP contribution in [-0.4, -0.2) is 9.97 Å². The van der Waals surface area contributed by atoms with Gasteiger partial charge < -0.3 is 0 Å². The minimum Gasteiger partial charge on any atom is -0.255 e. The summed E-state index contributed by atoms with van der Waals surface area (Å²) in [7, 11) is 0. The lowest BCUT2D eigenvalue weighted by Gasteiger charge is -2.11. The standard InChI is InChI=1S/C23H16N2/c1-2-8-16(9-3-1)19-15-22(21-12-6-7-13-24-21)25-23-18-11-5-4-10-17(18)14-20(19)23/h1-13,15H,14H2. The van der Waals surface area contributed by atoms with Crippen molar-refractivity contribution in [3.05, 3.63) is 96.2 Å². The summed E-state index contributed by atoms with van der Waals surface area (Å²) in [5.74, 6) is 0. The van der Waals surface area contributed by atoms with E-state index in [2.05, 4.69) is 65.6 Å². The average Bonchev–Trinajstić information content (AvgIpc) is 3.07. The Hall–Kier alpha value is -3.26. The fourth-order valence-electron chi connectivity index (χ4n) is 3.59. The molecule has 2 nitrogen and oxygen atoms in total. The predicted octanol–water partition coefficient (Wildman–Crippen LogP) is 5.38. The molecule has 0 bridgehead atoms. The maximum atomic E-state index is 4.99. The molecule has 25 heavy (non-hydrogen) atoms. The van der Waals surface area contributed by atoms with Crippen LogP contribution >= 0.6 is 0 Å². The van der Waals surface area contributed by atoms with Gasteiger partial charge in [0.1, 0.15) is 0 Å². The van der Waals surface area contributed by atoms with Gasteiger partial charge in [0.15, 0.2) is 0 Å². The first-order valence-electron chi connectivity index (χ1n) is 8.49. The molecule has 0 radical (unpaired) electrons. The van der Waals surface area contributed by atoms with E-state index < -0.39 is 0 Å². The average molecular weight is 320 g/mol. The first-order chi connectivity index (χ1) is 12.4. The van der Waals surface area contributed by atoms with Crippen molar-refractivity contribution in [3.8, 4) is 33.8 Å². The second-order valence-electron chi connectivity index (χ2n) is 6.30. The molecule has 0 saturated carbocycles. The molecule has 0 N–H and O–H groups in total. The molecule has 0 spiro atoms. The van der Waals surface area contributed by atoms with E-state index in [0.29, 0.717) is 0 Å². The first kappa shape index (κ1) is 14.1. The third kappa shape index (κ3) is 2.34. The van der Waals surface area contributed by atoms with Crippen LogP contribution in [0.3, 0.4) is 0 Å². The SMILES string of the molecule is c1ccc(-c2cc(-c3ccccn3)nc3c2Cc2ccccc2-3)cc1. The molecule has 0 aliphatic heterocycles.